The number of Topliss-reactive ketones (excluding diaryl/α,β-unsaturated/α-hetero) is 1. The van der Waals surface area contributed by atoms with Crippen molar-refractivity contribution in [3.05, 3.63) is 28.8 Å². The monoisotopic (exact) mass is 270 g/mol. The number of ketones is 1. The first kappa shape index (κ1) is 12.8. The van der Waals surface area contributed by atoms with Crippen molar-refractivity contribution in [2.45, 2.75) is 24.5 Å². The molecule has 0 bridgehead atoms. The zero-order valence-electron chi connectivity index (χ0n) is 9.96. The molecular weight excluding hydrogens is 256 g/mol. The smallest absolute Gasteiger partial charge is 0.182 e. The number of halogens is 1. The molecule has 0 N–H and O–H groups in total. The number of rotatable bonds is 3. The van der Waals surface area contributed by atoms with Crippen molar-refractivity contribution >= 4 is 29.1 Å². The van der Waals surface area contributed by atoms with Gasteiger partial charge in [-0.3, -0.25) is 4.79 Å². The normalized spacial score (nSPS) is 23.7. The van der Waals surface area contributed by atoms with Crippen LogP contribution in [0.4, 0.5) is 0 Å². The third-order valence-corrected chi connectivity index (χ3v) is 4.86. The molecule has 0 saturated carbocycles. The minimum atomic E-state index is -0.304. The Kier molecular flexibility index (Phi) is 3.69. The van der Waals surface area contributed by atoms with Crippen molar-refractivity contribution in [1.82, 2.24) is 0 Å². The van der Waals surface area contributed by atoms with E-state index in [9.17, 15) is 4.79 Å². The van der Waals surface area contributed by atoms with E-state index in [1.54, 1.807) is 37.1 Å². The number of hydrogen-bond donors (Lipinski definition) is 0. The first-order chi connectivity index (χ1) is 8.07. The molecule has 1 saturated heterocycles. The number of ether oxygens (including phenoxy) is 1. The summed E-state index contributed by atoms with van der Waals surface area (Å²) in [7, 11) is 1.56. The largest absolute Gasteiger partial charge is 0.496 e. The SMILES string of the molecule is COc1cc(Cl)ccc1C(=O)C1(C)CCCS1. The maximum atomic E-state index is 12.5. The summed E-state index contributed by atoms with van der Waals surface area (Å²) >= 11 is 7.63. The van der Waals surface area contributed by atoms with Gasteiger partial charge in [0, 0.05) is 5.02 Å². The van der Waals surface area contributed by atoms with Crippen LogP contribution in [-0.4, -0.2) is 23.4 Å². The Bertz CT molecular complexity index is 439. The Balaban J connectivity index is 2.36. The van der Waals surface area contributed by atoms with E-state index in [0.717, 1.165) is 18.6 Å². The van der Waals surface area contributed by atoms with Crippen molar-refractivity contribution in [3.8, 4) is 5.75 Å². The van der Waals surface area contributed by atoms with Crippen LogP contribution in [0.15, 0.2) is 18.2 Å². The standard InChI is InChI=1S/C13H15ClO2S/c1-13(6-3-7-17-13)12(15)10-5-4-9(14)8-11(10)16-2/h4-5,8H,3,6-7H2,1-2H3. The molecule has 4 heteroatoms. The van der Waals surface area contributed by atoms with E-state index in [4.69, 9.17) is 16.3 Å². The average molecular weight is 271 g/mol. The van der Waals surface area contributed by atoms with Crippen LogP contribution in [0.2, 0.25) is 5.02 Å². The molecule has 17 heavy (non-hydrogen) atoms. The number of carbonyl (C=O) groups is 1. The van der Waals surface area contributed by atoms with E-state index in [0.29, 0.717) is 16.3 Å². The highest BCUT2D eigenvalue weighted by Crippen LogP contribution is 2.41. The number of thioether (sulfide) groups is 1. The highest BCUT2D eigenvalue weighted by Gasteiger charge is 2.38. The van der Waals surface area contributed by atoms with Gasteiger partial charge in [-0.15, -0.1) is 11.8 Å². The first-order valence-electron chi connectivity index (χ1n) is 5.59. The second-order valence-electron chi connectivity index (χ2n) is 4.36. The van der Waals surface area contributed by atoms with Crippen LogP contribution in [0, 0.1) is 0 Å². The van der Waals surface area contributed by atoms with Crippen LogP contribution in [0.3, 0.4) is 0 Å². The van der Waals surface area contributed by atoms with Gasteiger partial charge in [0.2, 0.25) is 0 Å². The van der Waals surface area contributed by atoms with Crippen LogP contribution in [0.5, 0.6) is 5.75 Å². The predicted molar refractivity (Wildman–Crippen MR) is 72.4 cm³/mol. The third kappa shape index (κ3) is 2.45. The number of hydrogen-bond acceptors (Lipinski definition) is 3. The molecule has 0 amide bonds. The van der Waals surface area contributed by atoms with Gasteiger partial charge in [-0.05, 0) is 43.7 Å². The van der Waals surface area contributed by atoms with E-state index in [-0.39, 0.29) is 10.5 Å². The summed E-state index contributed by atoms with van der Waals surface area (Å²) in [6.45, 7) is 2.01. The van der Waals surface area contributed by atoms with Gasteiger partial charge < -0.3 is 4.74 Å². The molecule has 2 nitrogen and oxygen atoms in total. The summed E-state index contributed by atoms with van der Waals surface area (Å²) in [6, 6.07) is 5.19. The van der Waals surface area contributed by atoms with Crippen LogP contribution < -0.4 is 4.74 Å². The second kappa shape index (κ2) is 4.91. The molecule has 1 aliphatic rings. The molecule has 1 heterocycles. The minimum Gasteiger partial charge on any atom is -0.496 e. The Morgan fingerprint density at radius 1 is 1.53 bits per heavy atom. The molecule has 1 atom stereocenters. The van der Waals surface area contributed by atoms with Crippen molar-refractivity contribution < 1.29 is 9.53 Å². The average Bonchev–Trinajstić information content (AvgIpc) is 2.76. The van der Waals surface area contributed by atoms with Crippen LogP contribution in [0.25, 0.3) is 0 Å². The lowest BCUT2D eigenvalue weighted by Gasteiger charge is -2.22. The van der Waals surface area contributed by atoms with Gasteiger partial charge >= 0.3 is 0 Å². The second-order valence-corrected chi connectivity index (χ2v) is 6.39. The zero-order valence-corrected chi connectivity index (χ0v) is 11.5. The molecule has 1 unspecified atom stereocenters. The number of carbonyl (C=O) groups excluding carboxylic acids is 1. The Morgan fingerprint density at radius 3 is 2.88 bits per heavy atom. The molecule has 1 fully saturated rings. The van der Waals surface area contributed by atoms with Gasteiger partial charge in [0.05, 0.1) is 17.4 Å². The molecule has 1 aliphatic heterocycles. The van der Waals surface area contributed by atoms with Crippen LogP contribution in [0.1, 0.15) is 30.1 Å². The van der Waals surface area contributed by atoms with Crippen molar-refractivity contribution in [3.63, 3.8) is 0 Å². The lowest BCUT2D eigenvalue weighted by atomic mass is 9.94. The molecule has 1 aromatic carbocycles. The maximum absolute atomic E-state index is 12.5. The van der Waals surface area contributed by atoms with Gasteiger partial charge in [-0.2, -0.15) is 0 Å². The third-order valence-electron chi connectivity index (χ3n) is 3.11. The van der Waals surface area contributed by atoms with Gasteiger partial charge in [0.25, 0.3) is 0 Å². The van der Waals surface area contributed by atoms with Crippen molar-refractivity contribution in [2.75, 3.05) is 12.9 Å². The van der Waals surface area contributed by atoms with Gasteiger partial charge in [0.15, 0.2) is 5.78 Å². The highest BCUT2D eigenvalue weighted by atomic mass is 35.5. The van der Waals surface area contributed by atoms with Gasteiger partial charge in [-0.25, -0.2) is 0 Å². The highest BCUT2D eigenvalue weighted by molar-refractivity contribution is 8.01. The molecule has 1 aromatic rings. The summed E-state index contributed by atoms with van der Waals surface area (Å²) in [4.78, 5) is 12.5. The van der Waals surface area contributed by atoms with Crippen LogP contribution in [-0.2, 0) is 0 Å². The summed E-state index contributed by atoms with van der Waals surface area (Å²) < 4.78 is 4.93. The fraction of sp³-hybridized carbons (Fsp3) is 0.462. The summed E-state index contributed by atoms with van der Waals surface area (Å²) in [5.41, 5.74) is 0.633. The first-order valence-corrected chi connectivity index (χ1v) is 6.95. The predicted octanol–water partition coefficient (Wildman–Crippen LogP) is 3.82. The van der Waals surface area contributed by atoms with E-state index in [1.165, 1.54) is 0 Å². The van der Waals surface area contributed by atoms with Crippen molar-refractivity contribution in [1.29, 1.82) is 0 Å². The van der Waals surface area contributed by atoms with Crippen LogP contribution >= 0.6 is 23.4 Å². The molecule has 0 aliphatic carbocycles. The fourth-order valence-corrected chi connectivity index (χ4v) is 3.53. The van der Waals surface area contributed by atoms with E-state index < -0.39 is 0 Å². The number of methoxy groups -OCH3 is 1. The minimum absolute atomic E-state index is 0.147. The quantitative estimate of drug-likeness (QED) is 0.781. The number of benzene rings is 1. The fourth-order valence-electron chi connectivity index (χ4n) is 2.10. The Hall–Kier alpha value is -0.670. The van der Waals surface area contributed by atoms with E-state index >= 15 is 0 Å². The molecule has 92 valence electrons. The zero-order chi connectivity index (χ0) is 12.5. The molecule has 2 rings (SSSR count). The van der Waals surface area contributed by atoms with Gasteiger partial charge in [0.1, 0.15) is 5.75 Å². The molecular formula is C13H15ClO2S. The summed E-state index contributed by atoms with van der Waals surface area (Å²) in [5, 5.41) is 0.586. The Morgan fingerprint density at radius 2 is 2.29 bits per heavy atom. The van der Waals surface area contributed by atoms with E-state index in [1.807, 2.05) is 6.92 Å². The maximum Gasteiger partial charge on any atom is 0.182 e. The van der Waals surface area contributed by atoms with E-state index in [2.05, 4.69) is 0 Å². The topological polar surface area (TPSA) is 26.3 Å². The van der Waals surface area contributed by atoms with Gasteiger partial charge in [-0.1, -0.05) is 11.6 Å². The lowest BCUT2D eigenvalue weighted by molar-refractivity contribution is 0.0946. The van der Waals surface area contributed by atoms with Crippen molar-refractivity contribution in [2.24, 2.45) is 0 Å². The summed E-state index contributed by atoms with van der Waals surface area (Å²) in [5.74, 6) is 1.77. The Labute approximate surface area is 111 Å². The molecule has 0 radical (unpaired) electrons. The molecule has 0 spiro atoms. The molecule has 0 aromatic heterocycles. The summed E-state index contributed by atoms with van der Waals surface area (Å²) in [6.07, 6.45) is 2.03. The lowest BCUT2D eigenvalue weighted by Crippen LogP contribution is -2.29.